The van der Waals surface area contributed by atoms with Crippen LogP contribution in [0.25, 0.3) is 0 Å². The average Bonchev–Trinajstić information content (AvgIpc) is 2.47. The summed E-state index contributed by atoms with van der Waals surface area (Å²) >= 11 is 0. The standard InChI is InChI=1S/C17H18FNO/c18-16-6-2-1-4-13(16)11-20-14-9-8-12-5-3-7-17(19)15(12)10-14/h1-2,4,6,8-10,17H,3,5,7,11,19H2/t17-/m1/s1. The van der Waals surface area contributed by atoms with Crippen LogP contribution in [0.4, 0.5) is 4.39 Å². The molecule has 0 saturated heterocycles. The molecule has 0 amide bonds. The zero-order valence-corrected chi connectivity index (χ0v) is 11.3. The molecular formula is C17H18FNO. The van der Waals surface area contributed by atoms with Gasteiger partial charge in [-0.2, -0.15) is 0 Å². The summed E-state index contributed by atoms with van der Waals surface area (Å²) in [6, 6.07) is 12.8. The molecule has 2 nitrogen and oxygen atoms in total. The Bertz CT molecular complexity index is 612. The first kappa shape index (κ1) is 13.1. The van der Waals surface area contributed by atoms with E-state index < -0.39 is 0 Å². The average molecular weight is 271 g/mol. The minimum absolute atomic E-state index is 0.0933. The fourth-order valence-corrected chi connectivity index (χ4v) is 2.68. The molecule has 0 radical (unpaired) electrons. The Morgan fingerprint density at radius 2 is 2.05 bits per heavy atom. The van der Waals surface area contributed by atoms with Crippen LogP contribution in [-0.4, -0.2) is 0 Å². The number of rotatable bonds is 3. The summed E-state index contributed by atoms with van der Waals surface area (Å²) < 4.78 is 19.2. The lowest BCUT2D eigenvalue weighted by Crippen LogP contribution is -2.17. The van der Waals surface area contributed by atoms with E-state index in [0.717, 1.165) is 25.0 Å². The first-order valence-corrected chi connectivity index (χ1v) is 6.98. The van der Waals surface area contributed by atoms with Gasteiger partial charge in [0.05, 0.1) is 0 Å². The third-order valence-electron chi connectivity index (χ3n) is 3.83. The molecule has 0 heterocycles. The molecule has 0 aliphatic heterocycles. The monoisotopic (exact) mass is 271 g/mol. The summed E-state index contributed by atoms with van der Waals surface area (Å²) in [6.07, 6.45) is 3.24. The Morgan fingerprint density at radius 3 is 2.90 bits per heavy atom. The molecule has 0 bridgehead atoms. The minimum Gasteiger partial charge on any atom is -0.489 e. The second kappa shape index (κ2) is 5.63. The normalized spacial score (nSPS) is 17.6. The molecule has 1 aliphatic carbocycles. The molecule has 2 aromatic carbocycles. The smallest absolute Gasteiger partial charge is 0.129 e. The van der Waals surface area contributed by atoms with Crippen molar-refractivity contribution in [3.05, 3.63) is 65.0 Å². The highest BCUT2D eigenvalue weighted by molar-refractivity contribution is 5.39. The Kier molecular flexibility index (Phi) is 3.70. The predicted octanol–water partition coefficient (Wildman–Crippen LogP) is 3.74. The molecule has 20 heavy (non-hydrogen) atoms. The van der Waals surface area contributed by atoms with Gasteiger partial charge in [0, 0.05) is 11.6 Å². The molecule has 0 unspecified atom stereocenters. The Hall–Kier alpha value is -1.87. The van der Waals surface area contributed by atoms with Crippen molar-refractivity contribution < 1.29 is 9.13 Å². The minimum atomic E-state index is -0.234. The number of halogens is 1. The topological polar surface area (TPSA) is 35.2 Å². The van der Waals surface area contributed by atoms with Crippen LogP contribution in [0, 0.1) is 5.82 Å². The van der Waals surface area contributed by atoms with E-state index in [1.807, 2.05) is 18.2 Å². The Balaban J connectivity index is 1.75. The number of hydrogen-bond acceptors (Lipinski definition) is 2. The van der Waals surface area contributed by atoms with Gasteiger partial charge in [-0.25, -0.2) is 4.39 Å². The maximum absolute atomic E-state index is 13.5. The van der Waals surface area contributed by atoms with Crippen molar-refractivity contribution in [2.45, 2.75) is 31.9 Å². The first-order valence-electron chi connectivity index (χ1n) is 6.98. The molecule has 1 aliphatic rings. The van der Waals surface area contributed by atoms with E-state index >= 15 is 0 Å². The SMILES string of the molecule is N[C@@H]1CCCc2ccc(OCc3ccccc3F)cc21. The van der Waals surface area contributed by atoms with Crippen LogP contribution >= 0.6 is 0 Å². The molecule has 3 rings (SSSR count). The largest absolute Gasteiger partial charge is 0.489 e. The third-order valence-corrected chi connectivity index (χ3v) is 3.83. The van der Waals surface area contributed by atoms with Gasteiger partial charge >= 0.3 is 0 Å². The van der Waals surface area contributed by atoms with Crippen LogP contribution in [0.2, 0.25) is 0 Å². The third kappa shape index (κ3) is 2.68. The van der Waals surface area contributed by atoms with Crippen molar-refractivity contribution in [2.24, 2.45) is 5.73 Å². The van der Waals surface area contributed by atoms with E-state index in [9.17, 15) is 4.39 Å². The summed E-state index contributed by atoms with van der Waals surface area (Å²) in [5.41, 5.74) is 9.17. The van der Waals surface area contributed by atoms with E-state index in [2.05, 4.69) is 6.07 Å². The van der Waals surface area contributed by atoms with Crippen molar-refractivity contribution in [3.63, 3.8) is 0 Å². The fraction of sp³-hybridized carbons (Fsp3) is 0.294. The van der Waals surface area contributed by atoms with Crippen LogP contribution in [0.3, 0.4) is 0 Å². The van der Waals surface area contributed by atoms with Crippen molar-refractivity contribution in [3.8, 4) is 5.75 Å². The van der Waals surface area contributed by atoms with Crippen LogP contribution in [0.1, 0.15) is 35.6 Å². The lowest BCUT2D eigenvalue weighted by Gasteiger charge is -2.22. The summed E-state index contributed by atoms with van der Waals surface area (Å²) in [5.74, 6) is 0.520. The van der Waals surface area contributed by atoms with Gasteiger partial charge in [0.25, 0.3) is 0 Å². The number of fused-ring (bicyclic) bond motifs is 1. The first-order chi connectivity index (χ1) is 9.74. The van der Waals surface area contributed by atoms with Crippen LogP contribution in [-0.2, 0) is 13.0 Å². The maximum atomic E-state index is 13.5. The van der Waals surface area contributed by atoms with E-state index in [0.29, 0.717) is 5.56 Å². The van der Waals surface area contributed by atoms with Crippen molar-refractivity contribution in [2.75, 3.05) is 0 Å². The number of hydrogen-bond donors (Lipinski definition) is 1. The van der Waals surface area contributed by atoms with E-state index in [4.69, 9.17) is 10.5 Å². The van der Waals surface area contributed by atoms with E-state index in [-0.39, 0.29) is 18.5 Å². The van der Waals surface area contributed by atoms with Crippen molar-refractivity contribution >= 4 is 0 Å². The predicted molar refractivity (Wildman–Crippen MR) is 77.0 cm³/mol. The molecule has 3 heteroatoms. The maximum Gasteiger partial charge on any atom is 0.129 e. The highest BCUT2D eigenvalue weighted by atomic mass is 19.1. The number of benzene rings is 2. The highest BCUT2D eigenvalue weighted by Gasteiger charge is 2.17. The highest BCUT2D eigenvalue weighted by Crippen LogP contribution is 2.31. The Labute approximate surface area is 118 Å². The van der Waals surface area contributed by atoms with Crippen LogP contribution < -0.4 is 10.5 Å². The lowest BCUT2D eigenvalue weighted by atomic mass is 9.88. The molecule has 0 saturated carbocycles. The molecule has 0 spiro atoms. The zero-order chi connectivity index (χ0) is 13.9. The second-order valence-electron chi connectivity index (χ2n) is 5.24. The summed E-state index contributed by atoms with van der Waals surface area (Å²) in [6.45, 7) is 0.237. The van der Waals surface area contributed by atoms with E-state index in [1.165, 1.54) is 17.2 Å². The molecular weight excluding hydrogens is 253 g/mol. The lowest BCUT2D eigenvalue weighted by molar-refractivity contribution is 0.299. The number of ether oxygens (including phenoxy) is 1. The molecule has 0 fully saturated rings. The van der Waals surface area contributed by atoms with Crippen molar-refractivity contribution in [1.82, 2.24) is 0 Å². The van der Waals surface area contributed by atoms with Gasteiger partial charge in [-0.3, -0.25) is 0 Å². The number of nitrogens with two attached hydrogens (primary N) is 1. The Morgan fingerprint density at radius 1 is 1.20 bits per heavy atom. The van der Waals surface area contributed by atoms with Crippen LogP contribution in [0.5, 0.6) is 5.75 Å². The van der Waals surface area contributed by atoms with E-state index in [1.54, 1.807) is 12.1 Å². The molecule has 2 aromatic rings. The molecule has 0 aromatic heterocycles. The van der Waals surface area contributed by atoms with Gasteiger partial charge in [-0.1, -0.05) is 24.3 Å². The molecule has 1 atom stereocenters. The summed E-state index contributed by atoms with van der Waals surface area (Å²) in [5, 5.41) is 0. The summed E-state index contributed by atoms with van der Waals surface area (Å²) in [7, 11) is 0. The van der Waals surface area contributed by atoms with Gasteiger partial charge in [-0.05, 0) is 48.6 Å². The van der Waals surface area contributed by atoms with Gasteiger partial charge in [0.2, 0.25) is 0 Å². The molecule has 104 valence electrons. The quantitative estimate of drug-likeness (QED) is 0.923. The van der Waals surface area contributed by atoms with Gasteiger partial charge in [-0.15, -0.1) is 0 Å². The van der Waals surface area contributed by atoms with Gasteiger partial charge in [0.15, 0.2) is 0 Å². The number of aryl methyl sites for hydroxylation is 1. The van der Waals surface area contributed by atoms with Crippen LogP contribution in [0.15, 0.2) is 42.5 Å². The summed E-state index contributed by atoms with van der Waals surface area (Å²) in [4.78, 5) is 0. The fourth-order valence-electron chi connectivity index (χ4n) is 2.68. The van der Waals surface area contributed by atoms with Gasteiger partial charge in [0.1, 0.15) is 18.2 Å². The van der Waals surface area contributed by atoms with Crippen molar-refractivity contribution in [1.29, 1.82) is 0 Å². The second-order valence-corrected chi connectivity index (χ2v) is 5.24. The zero-order valence-electron chi connectivity index (χ0n) is 11.3. The molecule has 2 N–H and O–H groups in total. The van der Waals surface area contributed by atoms with Gasteiger partial charge < -0.3 is 10.5 Å².